The van der Waals surface area contributed by atoms with Gasteiger partial charge < -0.3 is 10.4 Å². The van der Waals surface area contributed by atoms with Gasteiger partial charge in [-0.15, -0.1) is 0 Å². The number of rotatable bonds is 4. The van der Waals surface area contributed by atoms with E-state index in [1.54, 1.807) is 4.68 Å². The lowest BCUT2D eigenvalue weighted by atomic mass is 9.87. The molecule has 5 heteroatoms. The molecule has 0 bridgehead atoms. The summed E-state index contributed by atoms with van der Waals surface area (Å²) in [4.78, 5) is 0. The van der Waals surface area contributed by atoms with E-state index in [1.165, 1.54) is 0 Å². The van der Waals surface area contributed by atoms with Crippen LogP contribution >= 0.6 is 15.9 Å². The van der Waals surface area contributed by atoms with Crippen LogP contribution in [0.4, 0.5) is 5.69 Å². The number of aliphatic hydroxyl groups excluding tert-OH is 1. The second-order valence-electron chi connectivity index (χ2n) is 6.25. The molecule has 0 saturated heterocycles. The van der Waals surface area contributed by atoms with Crippen LogP contribution in [-0.2, 0) is 12.5 Å². The predicted molar refractivity (Wildman–Crippen MR) is 89.5 cm³/mol. The Hall–Kier alpha value is -1.33. The summed E-state index contributed by atoms with van der Waals surface area (Å²) in [6, 6.07) is 7.75. The van der Waals surface area contributed by atoms with Crippen molar-refractivity contribution in [2.45, 2.75) is 32.2 Å². The molecule has 1 unspecified atom stereocenters. The zero-order valence-electron chi connectivity index (χ0n) is 12.9. The predicted octanol–water partition coefficient (Wildman–Crippen LogP) is 3.63. The lowest BCUT2D eigenvalue weighted by Gasteiger charge is -2.23. The molecule has 0 saturated carbocycles. The maximum atomic E-state index is 9.80. The molecule has 114 valence electrons. The highest BCUT2D eigenvalue weighted by Crippen LogP contribution is 2.30. The average molecular weight is 352 g/mol. The maximum absolute atomic E-state index is 9.80. The molecule has 0 aliphatic heterocycles. The Morgan fingerprint density at radius 2 is 2.10 bits per heavy atom. The summed E-state index contributed by atoms with van der Waals surface area (Å²) in [5.74, 6) is 0. The van der Waals surface area contributed by atoms with E-state index < -0.39 is 0 Å². The summed E-state index contributed by atoms with van der Waals surface area (Å²) < 4.78 is 2.81. The number of aryl methyl sites for hydroxylation is 1. The average Bonchev–Trinajstić information content (AvgIpc) is 2.78. The van der Waals surface area contributed by atoms with Crippen LogP contribution in [0.25, 0.3) is 0 Å². The van der Waals surface area contributed by atoms with Gasteiger partial charge in [0.15, 0.2) is 0 Å². The second kappa shape index (κ2) is 6.20. The molecule has 1 aromatic carbocycles. The molecule has 1 atom stereocenters. The maximum Gasteiger partial charge on any atom is 0.0778 e. The third-order valence-corrected chi connectivity index (χ3v) is 3.78. The Kier molecular flexibility index (Phi) is 4.74. The first-order valence-corrected chi connectivity index (χ1v) is 7.77. The van der Waals surface area contributed by atoms with E-state index in [0.717, 1.165) is 21.4 Å². The van der Waals surface area contributed by atoms with E-state index in [1.807, 2.05) is 37.5 Å². The molecule has 1 heterocycles. The van der Waals surface area contributed by atoms with Crippen LogP contribution in [0, 0.1) is 0 Å². The minimum Gasteiger partial charge on any atom is -0.394 e. The zero-order valence-corrected chi connectivity index (χ0v) is 14.5. The molecular weight excluding hydrogens is 330 g/mol. The highest BCUT2D eigenvalue weighted by molar-refractivity contribution is 9.10. The Morgan fingerprint density at radius 1 is 1.38 bits per heavy atom. The van der Waals surface area contributed by atoms with Gasteiger partial charge in [-0.1, -0.05) is 42.8 Å². The van der Waals surface area contributed by atoms with Crippen molar-refractivity contribution in [2.75, 3.05) is 11.9 Å². The van der Waals surface area contributed by atoms with Crippen molar-refractivity contribution in [1.82, 2.24) is 9.78 Å². The molecule has 0 fully saturated rings. The quantitative estimate of drug-likeness (QED) is 0.884. The van der Waals surface area contributed by atoms with Crippen molar-refractivity contribution < 1.29 is 5.11 Å². The molecule has 0 radical (unpaired) electrons. The van der Waals surface area contributed by atoms with Gasteiger partial charge in [-0.25, -0.2) is 0 Å². The fraction of sp³-hybridized carbons (Fsp3) is 0.438. The van der Waals surface area contributed by atoms with Crippen LogP contribution < -0.4 is 5.32 Å². The van der Waals surface area contributed by atoms with Gasteiger partial charge in [-0.2, -0.15) is 5.10 Å². The van der Waals surface area contributed by atoms with Crippen LogP contribution in [0.5, 0.6) is 0 Å². The first-order valence-electron chi connectivity index (χ1n) is 6.98. The molecule has 1 aromatic heterocycles. The number of benzene rings is 1. The van der Waals surface area contributed by atoms with E-state index in [4.69, 9.17) is 0 Å². The van der Waals surface area contributed by atoms with Crippen molar-refractivity contribution in [3.05, 3.63) is 46.2 Å². The van der Waals surface area contributed by atoms with Crippen LogP contribution in [0.2, 0.25) is 0 Å². The summed E-state index contributed by atoms with van der Waals surface area (Å²) >= 11 is 3.46. The van der Waals surface area contributed by atoms with Crippen LogP contribution in [0.15, 0.2) is 34.9 Å². The number of nitrogens with zero attached hydrogens (tertiary/aromatic N) is 2. The number of hydrogen-bond donors (Lipinski definition) is 2. The van der Waals surface area contributed by atoms with E-state index in [2.05, 4.69) is 47.1 Å². The lowest BCUT2D eigenvalue weighted by Crippen LogP contribution is -2.21. The lowest BCUT2D eigenvalue weighted by molar-refractivity contribution is 0.275. The normalized spacial score (nSPS) is 13.2. The van der Waals surface area contributed by atoms with Gasteiger partial charge in [0.25, 0.3) is 0 Å². The molecule has 2 N–H and O–H groups in total. The third kappa shape index (κ3) is 3.86. The van der Waals surface area contributed by atoms with Crippen molar-refractivity contribution >= 4 is 21.6 Å². The second-order valence-corrected chi connectivity index (χ2v) is 7.16. The molecule has 0 aliphatic rings. The first kappa shape index (κ1) is 16.0. The van der Waals surface area contributed by atoms with E-state index in [-0.39, 0.29) is 18.1 Å². The molecule has 2 aromatic rings. The monoisotopic (exact) mass is 351 g/mol. The van der Waals surface area contributed by atoms with E-state index in [0.29, 0.717) is 0 Å². The van der Waals surface area contributed by atoms with Gasteiger partial charge in [0.2, 0.25) is 0 Å². The highest BCUT2D eigenvalue weighted by atomic mass is 79.9. The smallest absolute Gasteiger partial charge is 0.0778 e. The minimum absolute atomic E-state index is 0.0152. The topological polar surface area (TPSA) is 50.1 Å². The SMILES string of the molecule is Cn1cc(C(CO)Nc2cccc(Br)c2)c(C(C)(C)C)n1. The van der Waals surface area contributed by atoms with Gasteiger partial charge in [-0.3, -0.25) is 4.68 Å². The molecule has 21 heavy (non-hydrogen) atoms. The van der Waals surface area contributed by atoms with E-state index in [9.17, 15) is 5.11 Å². The number of aromatic nitrogens is 2. The Bertz CT molecular complexity index is 616. The van der Waals surface area contributed by atoms with E-state index >= 15 is 0 Å². The third-order valence-electron chi connectivity index (χ3n) is 3.29. The molecule has 2 rings (SSSR count). The van der Waals surface area contributed by atoms with Crippen molar-refractivity contribution in [3.63, 3.8) is 0 Å². The standard InChI is InChI=1S/C16H22BrN3O/c1-16(2,3)15-13(9-20(4)19-15)14(10-21)18-12-7-5-6-11(17)8-12/h5-9,14,18,21H,10H2,1-4H3. The summed E-state index contributed by atoms with van der Waals surface area (Å²) in [7, 11) is 1.91. The summed E-state index contributed by atoms with van der Waals surface area (Å²) in [5.41, 5.74) is 2.94. The molecule has 0 aliphatic carbocycles. The summed E-state index contributed by atoms with van der Waals surface area (Å²) in [5, 5.41) is 17.7. The highest BCUT2D eigenvalue weighted by Gasteiger charge is 2.26. The zero-order chi connectivity index (χ0) is 15.6. The fourth-order valence-corrected chi connectivity index (χ4v) is 2.75. The Morgan fingerprint density at radius 3 is 2.67 bits per heavy atom. The number of hydrogen-bond acceptors (Lipinski definition) is 3. The molecular formula is C16H22BrN3O. The van der Waals surface area contributed by atoms with Crippen LogP contribution in [-0.4, -0.2) is 21.5 Å². The number of halogens is 1. The largest absolute Gasteiger partial charge is 0.394 e. The van der Waals surface area contributed by atoms with Gasteiger partial charge in [-0.05, 0) is 18.2 Å². The molecule has 0 amide bonds. The van der Waals surface area contributed by atoms with Crippen molar-refractivity contribution in [1.29, 1.82) is 0 Å². The van der Waals surface area contributed by atoms with Crippen LogP contribution in [0.3, 0.4) is 0 Å². The van der Waals surface area contributed by atoms with Gasteiger partial charge in [0.1, 0.15) is 0 Å². The van der Waals surface area contributed by atoms with Gasteiger partial charge >= 0.3 is 0 Å². The number of anilines is 1. The first-order chi connectivity index (χ1) is 9.81. The Labute approximate surface area is 134 Å². The fourth-order valence-electron chi connectivity index (χ4n) is 2.35. The Balaban J connectivity index is 2.34. The van der Waals surface area contributed by atoms with Gasteiger partial charge in [0.05, 0.1) is 18.3 Å². The molecule has 4 nitrogen and oxygen atoms in total. The summed E-state index contributed by atoms with van der Waals surface area (Å²) in [6.07, 6.45) is 1.98. The minimum atomic E-state index is -0.178. The number of aliphatic hydroxyl groups is 1. The molecule has 0 spiro atoms. The number of nitrogens with one attached hydrogen (secondary N) is 1. The van der Waals surface area contributed by atoms with Crippen LogP contribution in [0.1, 0.15) is 38.1 Å². The van der Waals surface area contributed by atoms with Crippen molar-refractivity contribution in [3.8, 4) is 0 Å². The van der Waals surface area contributed by atoms with Gasteiger partial charge in [0, 0.05) is 34.4 Å². The summed E-state index contributed by atoms with van der Waals surface area (Å²) in [6.45, 7) is 6.41. The van der Waals surface area contributed by atoms with Crippen molar-refractivity contribution in [2.24, 2.45) is 7.05 Å².